The highest BCUT2D eigenvalue weighted by Gasteiger charge is 2.16. The SMILES string of the molecule is CC(C)c1nc(N(C)Cc2ccccc2F)sc1CN. The Hall–Kier alpha value is -1.46. The summed E-state index contributed by atoms with van der Waals surface area (Å²) < 4.78 is 13.7. The zero-order valence-corrected chi connectivity index (χ0v) is 12.9. The Labute approximate surface area is 123 Å². The molecule has 1 heterocycles. The average molecular weight is 293 g/mol. The van der Waals surface area contributed by atoms with E-state index in [1.165, 1.54) is 6.07 Å². The summed E-state index contributed by atoms with van der Waals surface area (Å²) in [4.78, 5) is 7.72. The molecule has 0 spiro atoms. The first-order valence-electron chi connectivity index (χ1n) is 6.67. The maximum atomic E-state index is 13.7. The molecule has 0 amide bonds. The minimum absolute atomic E-state index is 0.181. The molecule has 20 heavy (non-hydrogen) atoms. The van der Waals surface area contributed by atoms with E-state index in [-0.39, 0.29) is 5.82 Å². The number of aromatic nitrogens is 1. The van der Waals surface area contributed by atoms with E-state index in [1.54, 1.807) is 23.5 Å². The fourth-order valence-electron chi connectivity index (χ4n) is 2.06. The van der Waals surface area contributed by atoms with Crippen molar-refractivity contribution < 1.29 is 4.39 Å². The third-order valence-electron chi connectivity index (χ3n) is 3.14. The number of nitrogens with two attached hydrogens (primary N) is 1. The van der Waals surface area contributed by atoms with E-state index in [1.807, 2.05) is 18.0 Å². The highest BCUT2D eigenvalue weighted by molar-refractivity contribution is 7.15. The fraction of sp³-hybridized carbons (Fsp3) is 0.400. The lowest BCUT2D eigenvalue weighted by molar-refractivity contribution is 0.607. The first kappa shape index (κ1) is 14.9. The molecule has 0 saturated carbocycles. The topological polar surface area (TPSA) is 42.2 Å². The van der Waals surface area contributed by atoms with Crippen molar-refractivity contribution in [3.05, 3.63) is 46.2 Å². The number of hydrogen-bond acceptors (Lipinski definition) is 4. The maximum Gasteiger partial charge on any atom is 0.185 e. The molecular formula is C15H20FN3S. The van der Waals surface area contributed by atoms with Crippen LogP contribution in [0.15, 0.2) is 24.3 Å². The molecule has 0 fully saturated rings. The Bertz CT molecular complexity index is 580. The summed E-state index contributed by atoms with van der Waals surface area (Å²) in [7, 11) is 1.93. The van der Waals surface area contributed by atoms with Crippen molar-refractivity contribution in [3.63, 3.8) is 0 Å². The molecule has 3 nitrogen and oxygen atoms in total. The highest BCUT2D eigenvalue weighted by atomic mass is 32.1. The molecular weight excluding hydrogens is 273 g/mol. The Morgan fingerprint density at radius 2 is 2.05 bits per heavy atom. The monoisotopic (exact) mass is 293 g/mol. The molecule has 0 atom stereocenters. The van der Waals surface area contributed by atoms with E-state index in [4.69, 9.17) is 5.73 Å². The number of thiazole rings is 1. The fourth-order valence-corrected chi connectivity index (χ4v) is 3.12. The minimum atomic E-state index is -0.181. The molecule has 2 rings (SSSR count). The molecule has 2 aromatic rings. The van der Waals surface area contributed by atoms with Gasteiger partial charge in [-0.15, -0.1) is 11.3 Å². The number of hydrogen-bond donors (Lipinski definition) is 1. The summed E-state index contributed by atoms with van der Waals surface area (Å²) in [5, 5.41) is 0.886. The molecule has 0 aliphatic rings. The van der Waals surface area contributed by atoms with Gasteiger partial charge in [-0.1, -0.05) is 32.0 Å². The van der Waals surface area contributed by atoms with Gasteiger partial charge in [-0.3, -0.25) is 0 Å². The zero-order chi connectivity index (χ0) is 14.7. The Morgan fingerprint density at radius 1 is 1.35 bits per heavy atom. The quantitative estimate of drug-likeness (QED) is 0.917. The molecule has 0 bridgehead atoms. The molecule has 0 radical (unpaired) electrons. The summed E-state index contributed by atoms with van der Waals surface area (Å²) in [5.41, 5.74) is 7.49. The van der Waals surface area contributed by atoms with Crippen molar-refractivity contribution in [2.45, 2.75) is 32.9 Å². The Kier molecular flexibility index (Phi) is 4.73. The summed E-state index contributed by atoms with van der Waals surface area (Å²) >= 11 is 1.59. The second-order valence-electron chi connectivity index (χ2n) is 5.11. The van der Waals surface area contributed by atoms with Crippen molar-refractivity contribution in [3.8, 4) is 0 Å². The summed E-state index contributed by atoms with van der Waals surface area (Å²) in [6, 6.07) is 6.83. The summed E-state index contributed by atoms with van der Waals surface area (Å²) in [6.45, 7) is 5.21. The normalized spacial score (nSPS) is 11.1. The molecule has 1 aromatic carbocycles. The van der Waals surface area contributed by atoms with Crippen LogP contribution in [0.1, 0.15) is 35.9 Å². The van der Waals surface area contributed by atoms with Crippen LogP contribution in [-0.2, 0) is 13.1 Å². The number of halogens is 1. The lowest BCUT2D eigenvalue weighted by Crippen LogP contribution is -2.17. The van der Waals surface area contributed by atoms with E-state index < -0.39 is 0 Å². The van der Waals surface area contributed by atoms with Gasteiger partial charge in [0.05, 0.1) is 5.69 Å². The van der Waals surface area contributed by atoms with Crippen LogP contribution in [0.25, 0.3) is 0 Å². The summed E-state index contributed by atoms with van der Waals surface area (Å²) in [5.74, 6) is 0.166. The van der Waals surface area contributed by atoms with Gasteiger partial charge in [0.25, 0.3) is 0 Å². The highest BCUT2D eigenvalue weighted by Crippen LogP contribution is 2.30. The first-order valence-corrected chi connectivity index (χ1v) is 7.48. The lowest BCUT2D eigenvalue weighted by Gasteiger charge is -2.16. The van der Waals surface area contributed by atoms with Crippen LogP contribution in [-0.4, -0.2) is 12.0 Å². The predicted octanol–water partition coefficient (Wildman–Crippen LogP) is 3.50. The second kappa shape index (κ2) is 6.33. The molecule has 1 aromatic heterocycles. The lowest BCUT2D eigenvalue weighted by atomic mass is 10.1. The van der Waals surface area contributed by atoms with Crippen LogP contribution in [0, 0.1) is 5.82 Å². The molecule has 0 unspecified atom stereocenters. The van der Waals surface area contributed by atoms with E-state index in [0.717, 1.165) is 15.7 Å². The standard InChI is InChI=1S/C15H20FN3S/c1-10(2)14-13(8-17)20-15(18-14)19(3)9-11-6-4-5-7-12(11)16/h4-7,10H,8-9,17H2,1-3H3. The van der Waals surface area contributed by atoms with Gasteiger partial charge in [0.15, 0.2) is 5.13 Å². The van der Waals surface area contributed by atoms with Gasteiger partial charge in [-0.2, -0.15) is 0 Å². The minimum Gasteiger partial charge on any atom is -0.347 e. The van der Waals surface area contributed by atoms with Gasteiger partial charge in [-0.25, -0.2) is 9.37 Å². The largest absolute Gasteiger partial charge is 0.347 e. The van der Waals surface area contributed by atoms with Crippen LogP contribution in [0.5, 0.6) is 0 Å². The summed E-state index contributed by atoms with van der Waals surface area (Å²) in [6.07, 6.45) is 0. The number of rotatable bonds is 5. The smallest absolute Gasteiger partial charge is 0.185 e. The Morgan fingerprint density at radius 3 is 2.60 bits per heavy atom. The zero-order valence-electron chi connectivity index (χ0n) is 12.1. The van der Waals surface area contributed by atoms with E-state index in [9.17, 15) is 4.39 Å². The van der Waals surface area contributed by atoms with Crippen LogP contribution in [0.3, 0.4) is 0 Å². The van der Waals surface area contributed by atoms with Crippen molar-refractivity contribution in [2.24, 2.45) is 5.73 Å². The van der Waals surface area contributed by atoms with Gasteiger partial charge in [0, 0.05) is 30.6 Å². The third kappa shape index (κ3) is 3.16. The van der Waals surface area contributed by atoms with Gasteiger partial charge < -0.3 is 10.6 Å². The third-order valence-corrected chi connectivity index (χ3v) is 4.35. The van der Waals surface area contributed by atoms with Gasteiger partial charge >= 0.3 is 0 Å². The molecule has 0 saturated heterocycles. The van der Waals surface area contributed by atoms with Crippen molar-refractivity contribution in [2.75, 3.05) is 11.9 Å². The average Bonchev–Trinajstić information content (AvgIpc) is 2.86. The first-order chi connectivity index (χ1) is 9.52. The molecule has 2 N–H and O–H groups in total. The second-order valence-corrected chi connectivity index (χ2v) is 6.17. The van der Waals surface area contributed by atoms with E-state index >= 15 is 0 Å². The molecule has 0 aliphatic heterocycles. The number of benzene rings is 1. The van der Waals surface area contributed by atoms with E-state index in [2.05, 4.69) is 18.8 Å². The van der Waals surface area contributed by atoms with Crippen LogP contribution in [0.2, 0.25) is 0 Å². The van der Waals surface area contributed by atoms with Gasteiger partial charge in [0.2, 0.25) is 0 Å². The van der Waals surface area contributed by atoms with Crippen molar-refractivity contribution in [1.29, 1.82) is 0 Å². The van der Waals surface area contributed by atoms with E-state index in [0.29, 0.717) is 24.6 Å². The Balaban J connectivity index is 2.21. The molecule has 108 valence electrons. The van der Waals surface area contributed by atoms with Crippen LogP contribution in [0.4, 0.5) is 9.52 Å². The molecule has 0 aliphatic carbocycles. The number of nitrogens with zero attached hydrogens (tertiary/aromatic N) is 2. The van der Waals surface area contributed by atoms with Gasteiger partial charge in [-0.05, 0) is 12.0 Å². The molecule has 5 heteroatoms. The predicted molar refractivity (Wildman–Crippen MR) is 82.6 cm³/mol. The van der Waals surface area contributed by atoms with Crippen molar-refractivity contribution in [1.82, 2.24) is 4.98 Å². The number of anilines is 1. The van der Waals surface area contributed by atoms with Crippen molar-refractivity contribution >= 4 is 16.5 Å². The van der Waals surface area contributed by atoms with Crippen LogP contribution >= 0.6 is 11.3 Å². The van der Waals surface area contributed by atoms with Gasteiger partial charge in [0.1, 0.15) is 5.82 Å². The maximum absolute atomic E-state index is 13.7. The van der Waals surface area contributed by atoms with Crippen LogP contribution < -0.4 is 10.6 Å².